The third-order valence-corrected chi connectivity index (χ3v) is 9.92. The summed E-state index contributed by atoms with van der Waals surface area (Å²) < 4.78 is 41.7. The highest BCUT2D eigenvalue weighted by Crippen LogP contribution is 2.44. The highest BCUT2D eigenvalue weighted by atomic mass is 32.2. The maximum Gasteiger partial charge on any atom is 0.355 e. The topological polar surface area (TPSA) is 90.0 Å². The average Bonchev–Trinajstić information content (AvgIpc) is 3.41. The van der Waals surface area contributed by atoms with Crippen LogP contribution in [0.5, 0.6) is 5.75 Å². The molecule has 4 rings (SSSR count). The zero-order valence-corrected chi connectivity index (χ0v) is 26.9. The summed E-state index contributed by atoms with van der Waals surface area (Å²) in [5.74, 6) is -1.51. The van der Waals surface area contributed by atoms with Gasteiger partial charge in [-0.05, 0) is 58.2 Å². The number of sulfonamides is 1. The second-order valence-electron chi connectivity index (χ2n) is 11.8. The number of rotatable bonds is 10. The fourth-order valence-corrected chi connectivity index (χ4v) is 7.91. The molecule has 1 heterocycles. The van der Waals surface area contributed by atoms with Crippen molar-refractivity contribution in [3.63, 3.8) is 0 Å². The molecule has 43 heavy (non-hydrogen) atoms. The summed E-state index contributed by atoms with van der Waals surface area (Å²) in [6.45, 7) is 12.0. The number of benzene rings is 3. The van der Waals surface area contributed by atoms with E-state index in [4.69, 9.17) is 9.47 Å². The first-order chi connectivity index (χ1) is 20.3. The number of ether oxygens (including phenoxy) is 2. The Morgan fingerprint density at radius 3 is 1.81 bits per heavy atom. The van der Waals surface area contributed by atoms with Gasteiger partial charge in [0, 0.05) is 11.5 Å². The molecule has 0 saturated carbocycles. The number of Topliss-reactive ketones (excluding diaryl/α,β-unsaturated/α-hetero) is 1. The van der Waals surface area contributed by atoms with Gasteiger partial charge in [0.25, 0.3) is 10.0 Å². The van der Waals surface area contributed by atoms with Crippen molar-refractivity contribution < 1.29 is 27.5 Å². The molecule has 7 nitrogen and oxygen atoms in total. The summed E-state index contributed by atoms with van der Waals surface area (Å²) in [6.07, 6.45) is 1.54. The van der Waals surface area contributed by atoms with Gasteiger partial charge in [0.2, 0.25) is 0 Å². The summed E-state index contributed by atoms with van der Waals surface area (Å²) in [6, 6.07) is 18.3. The molecule has 0 spiro atoms. The van der Waals surface area contributed by atoms with Gasteiger partial charge in [0.1, 0.15) is 17.5 Å². The van der Waals surface area contributed by atoms with E-state index in [-0.39, 0.29) is 28.3 Å². The van der Waals surface area contributed by atoms with Crippen LogP contribution < -0.4 is 4.74 Å². The Hall–Kier alpha value is -3.91. The minimum absolute atomic E-state index is 0.137. The predicted molar refractivity (Wildman–Crippen MR) is 168 cm³/mol. The van der Waals surface area contributed by atoms with Crippen LogP contribution in [0.25, 0.3) is 0 Å². The molecule has 3 aromatic carbocycles. The van der Waals surface area contributed by atoms with Crippen LogP contribution in [0.1, 0.15) is 97.8 Å². The molecule has 0 N–H and O–H groups in total. The SMILES string of the molecule is COC(=O)C1=C[C@@H](c2ccc(OC)cc2)[C@H](C(=O)c2ccccc2)N1S(=O)(=O)c1c(C(C)C)cc(C(C)C)cc1C(C)C. The molecule has 1 aliphatic heterocycles. The first-order valence-corrected chi connectivity index (χ1v) is 16.0. The number of carbonyl (C=O) groups excluding carboxylic acids is 2. The summed E-state index contributed by atoms with van der Waals surface area (Å²) in [5, 5.41) is 0. The molecule has 0 aromatic heterocycles. The molecular weight excluding hydrogens is 562 g/mol. The number of methoxy groups -OCH3 is 2. The van der Waals surface area contributed by atoms with Crippen LogP contribution >= 0.6 is 0 Å². The summed E-state index contributed by atoms with van der Waals surface area (Å²) in [5.41, 5.74) is 3.15. The van der Waals surface area contributed by atoms with Crippen molar-refractivity contribution in [3.05, 3.63) is 106 Å². The maximum absolute atomic E-state index is 15.1. The van der Waals surface area contributed by atoms with E-state index in [0.29, 0.717) is 28.0 Å². The zero-order chi connectivity index (χ0) is 31.6. The number of esters is 1. The quantitative estimate of drug-likeness (QED) is 0.180. The highest BCUT2D eigenvalue weighted by molar-refractivity contribution is 7.89. The van der Waals surface area contributed by atoms with Gasteiger partial charge in [-0.25, -0.2) is 17.5 Å². The van der Waals surface area contributed by atoms with Crippen LogP contribution in [0, 0.1) is 0 Å². The number of hydrogen-bond donors (Lipinski definition) is 0. The molecule has 0 bridgehead atoms. The number of hydrogen-bond acceptors (Lipinski definition) is 6. The van der Waals surface area contributed by atoms with Crippen molar-refractivity contribution in [3.8, 4) is 5.75 Å². The van der Waals surface area contributed by atoms with E-state index in [0.717, 1.165) is 9.87 Å². The normalized spacial score (nSPS) is 17.0. The summed E-state index contributed by atoms with van der Waals surface area (Å²) >= 11 is 0. The molecule has 8 heteroatoms. The van der Waals surface area contributed by atoms with E-state index in [1.54, 1.807) is 67.8 Å². The van der Waals surface area contributed by atoms with E-state index in [9.17, 15) is 9.59 Å². The van der Waals surface area contributed by atoms with E-state index < -0.39 is 33.7 Å². The highest BCUT2D eigenvalue weighted by Gasteiger charge is 2.50. The van der Waals surface area contributed by atoms with E-state index >= 15 is 8.42 Å². The molecule has 0 unspecified atom stereocenters. The van der Waals surface area contributed by atoms with Gasteiger partial charge in [-0.2, -0.15) is 0 Å². The smallest absolute Gasteiger partial charge is 0.355 e. The first kappa shape index (κ1) is 32.0. The van der Waals surface area contributed by atoms with Crippen molar-refractivity contribution in [2.75, 3.05) is 14.2 Å². The zero-order valence-electron chi connectivity index (χ0n) is 26.1. The Morgan fingerprint density at radius 2 is 1.35 bits per heavy atom. The van der Waals surface area contributed by atoms with Gasteiger partial charge >= 0.3 is 5.97 Å². The van der Waals surface area contributed by atoms with E-state index in [1.807, 2.05) is 39.8 Å². The Morgan fingerprint density at radius 1 is 0.791 bits per heavy atom. The van der Waals surface area contributed by atoms with Crippen LogP contribution in [0.2, 0.25) is 0 Å². The lowest BCUT2D eigenvalue weighted by atomic mass is 9.88. The molecule has 0 amide bonds. The lowest BCUT2D eigenvalue weighted by Crippen LogP contribution is -2.45. The Balaban J connectivity index is 2.05. The lowest BCUT2D eigenvalue weighted by Gasteiger charge is -2.33. The van der Waals surface area contributed by atoms with Crippen molar-refractivity contribution in [2.45, 2.75) is 76.2 Å². The molecule has 3 aromatic rings. The van der Waals surface area contributed by atoms with Crippen molar-refractivity contribution in [1.29, 1.82) is 0 Å². The summed E-state index contributed by atoms with van der Waals surface area (Å²) in [4.78, 5) is 27.8. The number of nitrogens with zero attached hydrogens (tertiary/aromatic N) is 1. The van der Waals surface area contributed by atoms with Gasteiger partial charge < -0.3 is 9.47 Å². The fraction of sp³-hybridized carbons (Fsp3) is 0.371. The number of carbonyl (C=O) groups is 2. The fourth-order valence-electron chi connectivity index (χ4n) is 5.61. The van der Waals surface area contributed by atoms with Gasteiger partial charge in [0.15, 0.2) is 5.78 Å². The molecule has 2 atom stereocenters. The van der Waals surface area contributed by atoms with Crippen LogP contribution in [0.4, 0.5) is 0 Å². The standard InChI is InChI=1S/C35H41NO6S/c1-21(2)26-18-28(22(3)4)34(29(19-26)23(5)6)43(39,40)36-31(35(38)42-8)20-30(24-14-16-27(41-7)17-15-24)32(36)33(37)25-12-10-9-11-13-25/h9-23,30,32H,1-8H3/t30-,32+/m0/s1. The minimum atomic E-state index is -4.47. The molecular formula is C35H41NO6S. The lowest BCUT2D eigenvalue weighted by molar-refractivity contribution is -0.137. The third-order valence-electron chi connectivity index (χ3n) is 7.99. The van der Waals surface area contributed by atoms with Crippen LogP contribution in [0.15, 0.2) is 83.4 Å². The maximum atomic E-state index is 15.1. The molecule has 0 saturated heterocycles. The second kappa shape index (κ2) is 12.8. The minimum Gasteiger partial charge on any atom is -0.497 e. The van der Waals surface area contributed by atoms with Crippen LogP contribution in [0.3, 0.4) is 0 Å². The largest absolute Gasteiger partial charge is 0.497 e. The van der Waals surface area contributed by atoms with Gasteiger partial charge in [0.05, 0.1) is 19.1 Å². The van der Waals surface area contributed by atoms with E-state index in [1.165, 1.54) is 7.11 Å². The van der Waals surface area contributed by atoms with E-state index in [2.05, 4.69) is 13.8 Å². The molecule has 0 fully saturated rings. The third kappa shape index (κ3) is 6.11. The second-order valence-corrected chi connectivity index (χ2v) is 13.6. The molecule has 1 aliphatic rings. The van der Waals surface area contributed by atoms with Crippen LogP contribution in [-0.2, 0) is 19.6 Å². The monoisotopic (exact) mass is 603 g/mol. The predicted octanol–water partition coefficient (Wildman–Crippen LogP) is 7.16. The molecule has 228 valence electrons. The number of ketones is 1. The van der Waals surface area contributed by atoms with Crippen molar-refractivity contribution in [2.24, 2.45) is 0 Å². The summed E-state index contributed by atoms with van der Waals surface area (Å²) in [7, 11) is -1.71. The molecule has 0 radical (unpaired) electrons. The Labute approximate surface area is 255 Å². The first-order valence-electron chi connectivity index (χ1n) is 14.6. The Bertz CT molecular complexity index is 1590. The van der Waals surface area contributed by atoms with Crippen LogP contribution in [-0.4, -0.2) is 44.7 Å². The average molecular weight is 604 g/mol. The van der Waals surface area contributed by atoms with Gasteiger partial charge in [-0.1, -0.05) is 96.1 Å². The Kier molecular flexibility index (Phi) is 9.50. The van der Waals surface area contributed by atoms with Crippen molar-refractivity contribution in [1.82, 2.24) is 4.31 Å². The van der Waals surface area contributed by atoms with Gasteiger partial charge in [-0.3, -0.25) is 4.79 Å². The van der Waals surface area contributed by atoms with Crippen molar-refractivity contribution >= 4 is 21.8 Å². The van der Waals surface area contributed by atoms with Gasteiger partial charge in [-0.15, -0.1) is 0 Å². The molecule has 0 aliphatic carbocycles.